The second-order valence-corrected chi connectivity index (χ2v) is 4.11. The molecule has 0 radical (unpaired) electrons. The molecule has 0 aromatic heterocycles. The molecular weight excluding hydrogens is 318 g/mol. The third-order valence-electron chi connectivity index (χ3n) is 1.56. The SMILES string of the molecule is N#CCc1cc(I)cc([N+](=O)[O-])c1Cl. The molecule has 0 spiro atoms. The van der Waals surface area contributed by atoms with Crippen LogP contribution in [0.15, 0.2) is 12.1 Å². The minimum Gasteiger partial charge on any atom is -0.258 e. The smallest absolute Gasteiger partial charge is 0.258 e. The van der Waals surface area contributed by atoms with Gasteiger partial charge in [0.05, 0.1) is 17.4 Å². The van der Waals surface area contributed by atoms with Crippen LogP contribution < -0.4 is 0 Å². The van der Waals surface area contributed by atoms with Crippen LogP contribution in [0.4, 0.5) is 5.69 Å². The van der Waals surface area contributed by atoms with Crippen molar-refractivity contribution < 1.29 is 4.92 Å². The summed E-state index contributed by atoms with van der Waals surface area (Å²) in [5.74, 6) is 0. The monoisotopic (exact) mass is 322 g/mol. The van der Waals surface area contributed by atoms with Gasteiger partial charge in [0, 0.05) is 9.64 Å². The maximum Gasteiger partial charge on any atom is 0.289 e. The lowest BCUT2D eigenvalue weighted by molar-refractivity contribution is -0.384. The summed E-state index contributed by atoms with van der Waals surface area (Å²) in [6, 6.07) is 4.95. The third kappa shape index (κ3) is 2.33. The van der Waals surface area contributed by atoms with Crippen molar-refractivity contribution in [1.29, 1.82) is 5.26 Å². The van der Waals surface area contributed by atoms with Crippen LogP contribution in [-0.2, 0) is 6.42 Å². The Labute approximate surface area is 98.8 Å². The van der Waals surface area contributed by atoms with Crippen molar-refractivity contribution in [3.8, 4) is 6.07 Å². The van der Waals surface area contributed by atoms with Crippen LogP contribution in [-0.4, -0.2) is 4.92 Å². The standard InChI is InChI=1S/C8H4ClIN2O2/c9-8-5(1-2-11)3-6(10)4-7(8)12(13)14/h3-4H,1H2. The van der Waals surface area contributed by atoms with Crippen molar-refractivity contribution in [3.63, 3.8) is 0 Å². The summed E-state index contributed by atoms with van der Waals surface area (Å²) >= 11 is 7.71. The van der Waals surface area contributed by atoms with E-state index in [2.05, 4.69) is 0 Å². The highest BCUT2D eigenvalue weighted by Gasteiger charge is 2.16. The van der Waals surface area contributed by atoms with E-state index in [0.717, 1.165) is 0 Å². The van der Waals surface area contributed by atoms with Crippen molar-refractivity contribution in [3.05, 3.63) is 36.4 Å². The normalized spacial score (nSPS) is 9.50. The van der Waals surface area contributed by atoms with Crippen LogP contribution in [0.2, 0.25) is 5.02 Å². The van der Waals surface area contributed by atoms with Gasteiger partial charge in [0.2, 0.25) is 0 Å². The first-order valence-electron chi connectivity index (χ1n) is 3.55. The van der Waals surface area contributed by atoms with Crippen molar-refractivity contribution in [2.24, 2.45) is 0 Å². The van der Waals surface area contributed by atoms with Crippen LogP contribution in [0, 0.1) is 25.0 Å². The third-order valence-corrected chi connectivity index (χ3v) is 2.62. The van der Waals surface area contributed by atoms with Crippen LogP contribution in [0.3, 0.4) is 0 Å². The first-order valence-corrected chi connectivity index (χ1v) is 5.01. The van der Waals surface area contributed by atoms with E-state index in [1.165, 1.54) is 6.07 Å². The molecule has 0 bridgehead atoms. The first-order chi connectivity index (χ1) is 6.56. The van der Waals surface area contributed by atoms with E-state index in [0.29, 0.717) is 9.13 Å². The molecule has 0 saturated heterocycles. The van der Waals surface area contributed by atoms with Gasteiger partial charge in [-0.3, -0.25) is 10.1 Å². The number of nitro groups is 1. The quantitative estimate of drug-likeness (QED) is 0.477. The number of hydrogen-bond acceptors (Lipinski definition) is 3. The first kappa shape index (κ1) is 11.2. The molecule has 1 aromatic rings. The summed E-state index contributed by atoms with van der Waals surface area (Å²) in [6.07, 6.45) is 0.0799. The maximum absolute atomic E-state index is 10.6. The second-order valence-electron chi connectivity index (χ2n) is 2.49. The summed E-state index contributed by atoms with van der Waals surface area (Å²) in [5.41, 5.74) is 0.344. The molecule has 0 aliphatic rings. The van der Waals surface area contributed by atoms with Crippen LogP contribution >= 0.6 is 34.2 Å². The lowest BCUT2D eigenvalue weighted by atomic mass is 10.1. The molecule has 72 valence electrons. The van der Waals surface area contributed by atoms with Crippen molar-refractivity contribution in [1.82, 2.24) is 0 Å². The number of halogens is 2. The molecule has 0 fully saturated rings. The van der Waals surface area contributed by atoms with Gasteiger partial charge in [0.1, 0.15) is 5.02 Å². The second kappa shape index (κ2) is 4.57. The molecule has 1 rings (SSSR count). The highest BCUT2D eigenvalue weighted by atomic mass is 127. The van der Waals surface area contributed by atoms with E-state index in [1.54, 1.807) is 6.07 Å². The maximum atomic E-state index is 10.6. The summed E-state index contributed by atoms with van der Waals surface area (Å²) in [4.78, 5) is 10.0. The summed E-state index contributed by atoms with van der Waals surface area (Å²) in [6.45, 7) is 0. The van der Waals surface area contributed by atoms with Gasteiger partial charge in [0.15, 0.2) is 0 Å². The minimum absolute atomic E-state index is 0.0527. The predicted octanol–water partition coefficient (Wildman–Crippen LogP) is 2.92. The Morgan fingerprint density at radius 2 is 2.29 bits per heavy atom. The number of nitrogens with zero attached hydrogens (tertiary/aromatic N) is 2. The summed E-state index contributed by atoms with van der Waals surface area (Å²) in [5, 5.41) is 19.1. The average molecular weight is 322 g/mol. The molecule has 6 heteroatoms. The molecule has 0 atom stereocenters. The Kier molecular flexibility index (Phi) is 3.66. The Bertz CT molecular complexity index is 428. The average Bonchev–Trinajstić information content (AvgIpc) is 2.10. The fraction of sp³-hybridized carbons (Fsp3) is 0.125. The van der Waals surface area contributed by atoms with Gasteiger partial charge in [-0.25, -0.2) is 0 Å². The fourth-order valence-electron chi connectivity index (χ4n) is 0.977. The fourth-order valence-corrected chi connectivity index (χ4v) is 1.89. The molecule has 0 aliphatic heterocycles. The van der Waals surface area contributed by atoms with Crippen molar-refractivity contribution in [2.45, 2.75) is 6.42 Å². The Morgan fingerprint density at radius 1 is 1.64 bits per heavy atom. The molecule has 0 aliphatic carbocycles. The predicted molar refractivity (Wildman–Crippen MR) is 60.1 cm³/mol. The van der Waals surface area contributed by atoms with E-state index in [4.69, 9.17) is 16.9 Å². The van der Waals surface area contributed by atoms with E-state index in [1.807, 2.05) is 28.7 Å². The van der Waals surface area contributed by atoms with E-state index < -0.39 is 4.92 Å². The van der Waals surface area contributed by atoms with Crippen LogP contribution in [0.5, 0.6) is 0 Å². The van der Waals surface area contributed by atoms with Gasteiger partial charge in [-0.05, 0) is 34.2 Å². The Balaban J connectivity index is 3.33. The highest BCUT2D eigenvalue weighted by molar-refractivity contribution is 14.1. The molecular formula is C8H4ClIN2O2. The lowest BCUT2D eigenvalue weighted by Crippen LogP contribution is -1.94. The van der Waals surface area contributed by atoms with Gasteiger partial charge < -0.3 is 0 Å². The molecule has 4 nitrogen and oxygen atoms in total. The molecule has 14 heavy (non-hydrogen) atoms. The highest BCUT2D eigenvalue weighted by Crippen LogP contribution is 2.30. The number of nitro benzene ring substituents is 1. The Morgan fingerprint density at radius 3 is 2.79 bits per heavy atom. The molecule has 0 N–H and O–H groups in total. The minimum atomic E-state index is -0.550. The van der Waals surface area contributed by atoms with E-state index >= 15 is 0 Å². The molecule has 0 saturated carbocycles. The zero-order valence-electron chi connectivity index (χ0n) is 6.83. The van der Waals surface area contributed by atoms with Gasteiger partial charge in [0.25, 0.3) is 5.69 Å². The van der Waals surface area contributed by atoms with Crippen molar-refractivity contribution >= 4 is 39.9 Å². The van der Waals surface area contributed by atoms with Gasteiger partial charge in [-0.2, -0.15) is 5.26 Å². The zero-order chi connectivity index (χ0) is 10.7. The zero-order valence-corrected chi connectivity index (χ0v) is 9.74. The number of benzene rings is 1. The van der Waals surface area contributed by atoms with E-state index in [9.17, 15) is 10.1 Å². The Hall–Kier alpha value is -0.870. The number of rotatable bonds is 2. The van der Waals surface area contributed by atoms with E-state index in [-0.39, 0.29) is 17.1 Å². The van der Waals surface area contributed by atoms with Crippen LogP contribution in [0.1, 0.15) is 5.56 Å². The molecule has 1 aromatic carbocycles. The molecule has 0 unspecified atom stereocenters. The summed E-state index contributed by atoms with van der Waals surface area (Å²) < 4.78 is 0.698. The number of nitriles is 1. The summed E-state index contributed by atoms with van der Waals surface area (Å²) in [7, 11) is 0. The molecule has 0 heterocycles. The lowest BCUT2D eigenvalue weighted by Gasteiger charge is -2.01. The topological polar surface area (TPSA) is 66.9 Å². The van der Waals surface area contributed by atoms with Gasteiger partial charge in [-0.1, -0.05) is 11.6 Å². The van der Waals surface area contributed by atoms with Crippen LogP contribution in [0.25, 0.3) is 0 Å². The molecule has 0 amide bonds. The van der Waals surface area contributed by atoms with Gasteiger partial charge in [-0.15, -0.1) is 0 Å². The largest absolute Gasteiger partial charge is 0.289 e. The van der Waals surface area contributed by atoms with Crippen molar-refractivity contribution in [2.75, 3.05) is 0 Å². The van der Waals surface area contributed by atoms with Gasteiger partial charge >= 0.3 is 0 Å². The number of hydrogen-bond donors (Lipinski definition) is 0.